The number of ether oxygens (including phenoxy) is 1. The minimum absolute atomic E-state index is 0.194. The van der Waals surface area contributed by atoms with Crippen molar-refractivity contribution in [2.24, 2.45) is 0 Å². The Balaban J connectivity index is 2.02. The zero-order valence-corrected chi connectivity index (χ0v) is 13.1. The summed E-state index contributed by atoms with van der Waals surface area (Å²) in [5.74, 6) is 0.380. The molecular weight excluding hydrogens is 286 g/mol. The van der Waals surface area contributed by atoms with Crippen molar-refractivity contribution in [1.82, 2.24) is 0 Å². The maximum Gasteiger partial charge on any atom is 0.265 e. The second kappa shape index (κ2) is 6.64. The first kappa shape index (κ1) is 15.4. The Morgan fingerprint density at radius 3 is 2.43 bits per heavy atom. The molecule has 0 aliphatic rings. The maximum absolute atomic E-state index is 12.2. The molecule has 1 unspecified atom stereocenters. The van der Waals surface area contributed by atoms with Gasteiger partial charge in [0.1, 0.15) is 5.75 Å². The third kappa shape index (κ3) is 4.50. The average molecular weight is 304 g/mol. The van der Waals surface area contributed by atoms with Gasteiger partial charge in [-0.3, -0.25) is 4.79 Å². The maximum atomic E-state index is 12.2. The second-order valence-corrected chi connectivity index (χ2v) is 5.52. The number of rotatable bonds is 4. The SMILES string of the molecule is Cc1cc(C)cc(NC(=O)C(C)Oc2cccc(Cl)c2)c1. The van der Waals surface area contributed by atoms with E-state index in [1.165, 1.54) is 0 Å². The normalized spacial score (nSPS) is 11.8. The van der Waals surface area contributed by atoms with Gasteiger partial charge in [-0.05, 0) is 62.2 Å². The lowest BCUT2D eigenvalue weighted by Gasteiger charge is -2.15. The van der Waals surface area contributed by atoms with Crippen molar-refractivity contribution in [3.63, 3.8) is 0 Å². The number of hydrogen-bond acceptors (Lipinski definition) is 2. The summed E-state index contributed by atoms with van der Waals surface area (Å²) < 4.78 is 5.59. The third-order valence-corrected chi connectivity index (χ3v) is 3.20. The standard InChI is InChI=1S/C17H18ClNO2/c1-11-7-12(2)9-15(8-11)19-17(20)13(3)21-16-6-4-5-14(18)10-16/h4-10,13H,1-3H3,(H,19,20). The summed E-state index contributed by atoms with van der Waals surface area (Å²) in [5, 5.41) is 3.44. The average Bonchev–Trinajstić information content (AvgIpc) is 2.37. The van der Waals surface area contributed by atoms with Gasteiger partial charge in [-0.15, -0.1) is 0 Å². The first-order valence-corrected chi connectivity index (χ1v) is 7.13. The largest absolute Gasteiger partial charge is 0.481 e. The summed E-state index contributed by atoms with van der Waals surface area (Å²) in [4.78, 5) is 12.2. The first-order chi connectivity index (χ1) is 9.94. The van der Waals surface area contributed by atoms with Gasteiger partial charge < -0.3 is 10.1 Å². The molecular formula is C17H18ClNO2. The summed E-state index contributed by atoms with van der Waals surface area (Å²) in [7, 11) is 0. The van der Waals surface area contributed by atoms with Crippen LogP contribution < -0.4 is 10.1 Å². The lowest BCUT2D eigenvalue weighted by atomic mass is 10.1. The number of carbonyl (C=O) groups is 1. The van der Waals surface area contributed by atoms with Gasteiger partial charge in [0.15, 0.2) is 6.10 Å². The first-order valence-electron chi connectivity index (χ1n) is 6.75. The van der Waals surface area contributed by atoms with E-state index in [1.54, 1.807) is 31.2 Å². The predicted molar refractivity (Wildman–Crippen MR) is 86.1 cm³/mol. The molecule has 21 heavy (non-hydrogen) atoms. The van der Waals surface area contributed by atoms with Crippen LogP contribution in [0.15, 0.2) is 42.5 Å². The minimum atomic E-state index is -0.607. The molecule has 0 saturated carbocycles. The van der Waals surface area contributed by atoms with Crippen molar-refractivity contribution >= 4 is 23.2 Å². The number of nitrogens with one attached hydrogen (secondary N) is 1. The molecule has 0 aromatic heterocycles. The van der Waals surface area contributed by atoms with Crippen LogP contribution >= 0.6 is 11.6 Å². The molecule has 3 nitrogen and oxygen atoms in total. The van der Waals surface area contributed by atoms with Crippen LogP contribution in [0.1, 0.15) is 18.1 Å². The zero-order valence-electron chi connectivity index (χ0n) is 12.3. The molecule has 0 heterocycles. The van der Waals surface area contributed by atoms with Crippen LogP contribution in [0.2, 0.25) is 5.02 Å². The van der Waals surface area contributed by atoms with Gasteiger partial charge >= 0.3 is 0 Å². The fourth-order valence-corrected chi connectivity index (χ4v) is 2.27. The summed E-state index contributed by atoms with van der Waals surface area (Å²) in [5.41, 5.74) is 2.99. The van der Waals surface area contributed by atoms with Crippen molar-refractivity contribution in [3.8, 4) is 5.75 Å². The quantitative estimate of drug-likeness (QED) is 0.911. The van der Waals surface area contributed by atoms with Gasteiger partial charge in [0.2, 0.25) is 0 Å². The molecule has 2 rings (SSSR count). The Bertz CT molecular complexity index is 635. The fraction of sp³-hybridized carbons (Fsp3) is 0.235. The molecule has 0 bridgehead atoms. The Hall–Kier alpha value is -2.00. The molecule has 0 spiro atoms. The lowest BCUT2D eigenvalue weighted by Crippen LogP contribution is -2.30. The van der Waals surface area contributed by atoms with Gasteiger partial charge in [0.05, 0.1) is 0 Å². The van der Waals surface area contributed by atoms with Crippen molar-refractivity contribution in [1.29, 1.82) is 0 Å². The van der Waals surface area contributed by atoms with Crippen LogP contribution in [0, 0.1) is 13.8 Å². The molecule has 0 aliphatic heterocycles. The number of amides is 1. The number of benzene rings is 2. The van der Waals surface area contributed by atoms with E-state index in [2.05, 4.69) is 11.4 Å². The molecule has 1 atom stereocenters. The molecule has 2 aromatic rings. The van der Waals surface area contributed by atoms with Crippen LogP contribution in [0.3, 0.4) is 0 Å². The number of anilines is 1. The zero-order chi connectivity index (χ0) is 15.4. The van der Waals surface area contributed by atoms with E-state index in [0.29, 0.717) is 10.8 Å². The number of aryl methyl sites for hydroxylation is 2. The van der Waals surface area contributed by atoms with Crippen LogP contribution in [0.25, 0.3) is 0 Å². The van der Waals surface area contributed by atoms with Crippen molar-refractivity contribution in [2.75, 3.05) is 5.32 Å². The van der Waals surface area contributed by atoms with Gasteiger partial charge in [0.25, 0.3) is 5.91 Å². The highest BCUT2D eigenvalue weighted by Crippen LogP contribution is 2.19. The predicted octanol–water partition coefficient (Wildman–Crippen LogP) is 4.36. The monoisotopic (exact) mass is 303 g/mol. The van der Waals surface area contributed by atoms with E-state index in [1.807, 2.05) is 26.0 Å². The van der Waals surface area contributed by atoms with Crippen LogP contribution in [0.5, 0.6) is 5.75 Å². The van der Waals surface area contributed by atoms with E-state index in [9.17, 15) is 4.79 Å². The highest BCUT2D eigenvalue weighted by atomic mass is 35.5. The lowest BCUT2D eigenvalue weighted by molar-refractivity contribution is -0.122. The van der Waals surface area contributed by atoms with E-state index < -0.39 is 6.10 Å². The molecule has 1 N–H and O–H groups in total. The third-order valence-electron chi connectivity index (χ3n) is 2.97. The van der Waals surface area contributed by atoms with E-state index in [0.717, 1.165) is 16.8 Å². The van der Waals surface area contributed by atoms with E-state index >= 15 is 0 Å². The Labute approximate surface area is 129 Å². The molecule has 110 valence electrons. The number of carbonyl (C=O) groups excluding carboxylic acids is 1. The van der Waals surface area contributed by atoms with Gasteiger partial charge in [-0.2, -0.15) is 0 Å². The van der Waals surface area contributed by atoms with Crippen molar-refractivity contribution in [2.45, 2.75) is 26.9 Å². The van der Waals surface area contributed by atoms with Crippen LogP contribution in [-0.2, 0) is 4.79 Å². The highest BCUT2D eigenvalue weighted by Gasteiger charge is 2.15. The Morgan fingerprint density at radius 2 is 1.81 bits per heavy atom. The fourth-order valence-electron chi connectivity index (χ4n) is 2.09. The highest BCUT2D eigenvalue weighted by molar-refractivity contribution is 6.30. The smallest absolute Gasteiger partial charge is 0.265 e. The molecule has 0 aliphatic carbocycles. The number of hydrogen-bond donors (Lipinski definition) is 1. The Morgan fingerprint density at radius 1 is 1.14 bits per heavy atom. The summed E-state index contributed by atoms with van der Waals surface area (Å²) in [6.45, 7) is 5.70. The molecule has 0 radical (unpaired) electrons. The van der Waals surface area contributed by atoms with Crippen molar-refractivity contribution in [3.05, 3.63) is 58.6 Å². The molecule has 0 saturated heterocycles. The molecule has 2 aromatic carbocycles. The molecule has 0 fully saturated rings. The molecule has 4 heteroatoms. The minimum Gasteiger partial charge on any atom is -0.481 e. The van der Waals surface area contributed by atoms with Crippen molar-refractivity contribution < 1.29 is 9.53 Å². The topological polar surface area (TPSA) is 38.3 Å². The van der Waals surface area contributed by atoms with E-state index in [-0.39, 0.29) is 5.91 Å². The van der Waals surface area contributed by atoms with Crippen LogP contribution in [-0.4, -0.2) is 12.0 Å². The summed E-state index contributed by atoms with van der Waals surface area (Å²) >= 11 is 5.89. The van der Waals surface area contributed by atoms with Gasteiger partial charge in [-0.1, -0.05) is 23.7 Å². The van der Waals surface area contributed by atoms with E-state index in [4.69, 9.17) is 16.3 Å². The summed E-state index contributed by atoms with van der Waals surface area (Å²) in [6, 6.07) is 12.9. The van der Waals surface area contributed by atoms with Gasteiger partial charge in [-0.25, -0.2) is 0 Å². The van der Waals surface area contributed by atoms with Gasteiger partial charge in [0, 0.05) is 10.7 Å². The number of halogens is 1. The second-order valence-electron chi connectivity index (χ2n) is 5.08. The summed E-state index contributed by atoms with van der Waals surface area (Å²) in [6.07, 6.45) is -0.607. The van der Waals surface area contributed by atoms with Crippen LogP contribution in [0.4, 0.5) is 5.69 Å². The molecule has 1 amide bonds. The Kier molecular flexibility index (Phi) is 4.86.